The lowest BCUT2D eigenvalue weighted by Crippen LogP contribution is -2.44. The predicted molar refractivity (Wildman–Crippen MR) is 95.6 cm³/mol. The Morgan fingerprint density at radius 2 is 1.83 bits per heavy atom. The molecule has 2 aliphatic carbocycles. The van der Waals surface area contributed by atoms with Crippen LogP contribution in [0.2, 0.25) is 0 Å². The summed E-state index contributed by atoms with van der Waals surface area (Å²) in [5.41, 5.74) is 0.442. The molecule has 0 radical (unpaired) electrons. The Morgan fingerprint density at radius 3 is 2.43 bits per heavy atom. The molecular formula is C18H34N4O. The lowest BCUT2D eigenvalue weighted by Gasteiger charge is -2.28. The van der Waals surface area contributed by atoms with Crippen LogP contribution in [0.3, 0.4) is 0 Å². The van der Waals surface area contributed by atoms with Gasteiger partial charge in [0.2, 0.25) is 5.91 Å². The van der Waals surface area contributed by atoms with Crippen molar-refractivity contribution < 1.29 is 4.79 Å². The van der Waals surface area contributed by atoms with Gasteiger partial charge < -0.3 is 16.0 Å². The molecule has 5 heteroatoms. The van der Waals surface area contributed by atoms with Gasteiger partial charge in [0.1, 0.15) is 0 Å². The molecule has 0 unspecified atom stereocenters. The van der Waals surface area contributed by atoms with Crippen LogP contribution in [-0.4, -0.2) is 38.0 Å². The van der Waals surface area contributed by atoms with Crippen molar-refractivity contribution in [1.29, 1.82) is 0 Å². The third-order valence-corrected chi connectivity index (χ3v) is 5.63. The van der Waals surface area contributed by atoms with Crippen LogP contribution in [0.5, 0.6) is 0 Å². The smallest absolute Gasteiger partial charge is 0.221 e. The molecule has 1 amide bonds. The van der Waals surface area contributed by atoms with Crippen molar-refractivity contribution in [3.8, 4) is 0 Å². The van der Waals surface area contributed by atoms with Crippen LogP contribution in [0.4, 0.5) is 0 Å². The molecule has 2 fully saturated rings. The van der Waals surface area contributed by atoms with E-state index in [2.05, 4.69) is 27.9 Å². The average Bonchev–Trinajstić information content (AvgIpc) is 3.23. The summed E-state index contributed by atoms with van der Waals surface area (Å²) in [4.78, 5) is 16.2. The molecule has 3 N–H and O–H groups in total. The number of guanidine groups is 1. The number of carbonyl (C=O) groups is 1. The first kappa shape index (κ1) is 18.1. The number of amides is 1. The lowest BCUT2D eigenvalue weighted by atomic mass is 9.83. The minimum atomic E-state index is 0.153. The van der Waals surface area contributed by atoms with E-state index in [0.29, 0.717) is 24.4 Å². The van der Waals surface area contributed by atoms with E-state index < -0.39 is 0 Å². The second-order valence-corrected chi connectivity index (χ2v) is 7.21. The van der Waals surface area contributed by atoms with E-state index in [1.165, 1.54) is 44.9 Å². The highest BCUT2D eigenvalue weighted by molar-refractivity contribution is 5.81. The fourth-order valence-corrected chi connectivity index (χ4v) is 3.94. The first-order chi connectivity index (χ1) is 11.2. The van der Waals surface area contributed by atoms with Crippen LogP contribution in [0.1, 0.15) is 71.1 Å². The van der Waals surface area contributed by atoms with Crippen molar-refractivity contribution in [2.24, 2.45) is 10.4 Å². The van der Waals surface area contributed by atoms with Gasteiger partial charge in [0.05, 0.1) is 0 Å². The van der Waals surface area contributed by atoms with Gasteiger partial charge in [0.25, 0.3) is 0 Å². The van der Waals surface area contributed by atoms with Gasteiger partial charge in [-0.05, 0) is 37.5 Å². The van der Waals surface area contributed by atoms with E-state index >= 15 is 0 Å². The monoisotopic (exact) mass is 322 g/mol. The zero-order chi connectivity index (χ0) is 16.5. The minimum Gasteiger partial charge on any atom is -0.356 e. The Labute approximate surface area is 141 Å². The molecule has 2 rings (SSSR count). The fourth-order valence-electron chi connectivity index (χ4n) is 3.94. The summed E-state index contributed by atoms with van der Waals surface area (Å²) in [6, 6.07) is 0.409. The molecule has 0 aromatic heterocycles. The number of nitrogens with zero attached hydrogens (tertiary/aromatic N) is 1. The molecule has 0 aromatic carbocycles. The van der Waals surface area contributed by atoms with Gasteiger partial charge in [-0.1, -0.05) is 32.6 Å². The molecule has 0 aromatic rings. The number of nitrogens with one attached hydrogen (secondary N) is 3. The second-order valence-electron chi connectivity index (χ2n) is 7.21. The van der Waals surface area contributed by atoms with Crippen LogP contribution < -0.4 is 16.0 Å². The van der Waals surface area contributed by atoms with Crippen molar-refractivity contribution in [2.75, 3.05) is 20.1 Å². The zero-order valence-electron chi connectivity index (χ0n) is 14.9. The molecule has 2 saturated carbocycles. The second kappa shape index (κ2) is 9.14. The molecule has 0 spiro atoms. The molecule has 0 saturated heterocycles. The zero-order valence-corrected chi connectivity index (χ0v) is 14.9. The van der Waals surface area contributed by atoms with Crippen molar-refractivity contribution in [3.05, 3.63) is 0 Å². The largest absolute Gasteiger partial charge is 0.356 e. The maximum Gasteiger partial charge on any atom is 0.221 e. The highest BCUT2D eigenvalue weighted by atomic mass is 16.1. The number of hydrogen-bond acceptors (Lipinski definition) is 2. The summed E-state index contributed by atoms with van der Waals surface area (Å²) >= 11 is 0. The number of hydrogen-bond donors (Lipinski definition) is 3. The summed E-state index contributed by atoms with van der Waals surface area (Å²) in [6.07, 6.45) is 11.8. The minimum absolute atomic E-state index is 0.153. The SMILES string of the molecule is CCC1(CNC(=NC)NCCC(=O)NC2CCCC2)CCCC1. The molecule has 132 valence electrons. The Morgan fingerprint density at radius 1 is 1.13 bits per heavy atom. The fraction of sp³-hybridized carbons (Fsp3) is 0.889. The van der Waals surface area contributed by atoms with E-state index in [0.717, 1.165) is 25.3 Å². The van der Waals surface area contributed by atoms with Gasteiger partial charge >= 0.3 is 0 Å². The van der Waals surface area contributed by atoms with Crippen LogP contribution >= 0.6 is 0 Å². The quantitative estimate of drug-likeness (QED) is 0.498. The Kier molecular flexibility index (Phi) is 7.18. The van der Waals surface area contributed by atoms with Crippen LogP contribution in [0.25, 0.3) is 0 Å². The third kappa shape index (κ3) is 5.70. The summed E-state index contributed by atoms with van der Waals surface area (Å²) in [6.45, 7) is 3.91. The summed E-state index contributed by atoms with van der Waals surface area (Å²) < 4.78 is 0. The average molecular weight is 322 g/mol. The normalized spacial score (nSPS) is 21.4. The summed E-state index contributed by atoms with van der Waals surface area (Å²) in [5.74, 6) is 0.971. The highest BCUT2D eigenvalue weighted by Gasteiger charge is 2.31. The van der Waals surface area contributed by atoms with Gasteiger partial charge in [-0.25, -0.2) is 0 Å². The Balaban J connectivity index is 1.63. The van der Waals surface area contributed by atoms with E-state index in [-0.39, 0.29) is 5.91 Å². The van der Waals surface area contributed by atoms with Gasteiger partial charge in [0, 0.05) is 32.6 Å². The highest BCUT2D eigenvalue weighted by Crippen LogP contribution is 2.40. The molecule has 0 atom stereocenters. The van der Waals surface area contributed by atoms with Crippen LogP contribution in [0.15, 0.2) is 4.99 Å². The van der Waals surface area contributed by atoms with E-state index in [1.807, 2.05) is 0 Å². The first-order valence-electron chi connectivity index (χ1n) is 9.41. The van der Waals surface area contributed by atoms with Crippen molar-refractivity contribution in [3.63, 3.8) is 0 Å². The van der Waals surface area contributed by atoms with E-state index in [9.17, 15) is 4.79 Å². The molecule has 5 nitrogen and oxygen atoms in total. The summed E-state index contributed by atoms with van der Waals surface area (Å²) in [7, 11) is 1.79. The van der Waals surface area contributed by atoms with E-state index in [1.54, 1.807) is 7.05 Å². The molecule has 23 heavy (non-hydrogen) atoms. The van der Waals surface area contributed by atoms with Crippen molar-refractivity contribution in [2.45, 2.75) is 77.2 Å². The van der Waals surface area contributed by atoms with Gasteiger partial charge in [-0.15, -0.1) is 0 Å². The molecule has 0 heterocycles. The van der Waals surface area contributed by atoms with E-state index in [4.69, 9.17) is 0 Å². The lowest BCUT2D eigenvalue weighted by molar-refractivity contribution is -0.121. The molecule has 2 aliphatic rings. The summed E-state index contributed by atoms with van der Waals surface area (Å²) in [5, 5.41) is 9.85. The number of rotatable bonds is 7. The predicted octanol–water partition coefficient (Wildman–Crippen LogP) is 2.57. The van der Waals surface area contributed by atoms with Crippen molar-refractivity contribution in [1.82, 2.24) is 16.0 Å². The van der Waals surface area contributed by atoms with Gasteiger partial charge in [0.15, 0.2) is 5.96 Å². The molecule has 0 bridgehead atoms. The van der Waals surface area contributed by atoms with Crippen LogP contribution in [0, 0.1) is 5.41 Å². The Hall–Kier alpha value is -1.26. The first-order valence-corrected chi connectivity index (χ1v) is 9.41. The van der Waals surface area contributed by atoms with Gasteiger partial charge in [-0.2, -0.15) is 0 Å². The third-order valence-electron chi connectivity index (χ3n) is 5.63. The topological polar surface area (TPSA) is 65.5 Å². The molecular weight excluding hydrogens is 288 g/mol. The van der Waals surface area contributed by atoms with Crippen molar-refractivity contribution >= 4 is 11.9 Å². The van der Waals surface area contributed by atoms with Crippen LogP contribution in [-0.2, 0) is 4.79 Å². The Bertz CT molecular complexity index is 396. The van der Waals surface area contributed by atoms with Gasteiger partial charge in [-0.3, -0.25) is 9.79 Å². The number of aliphatic imine (C=N–C) groups is 1. The standard InChI is InChI=1S/C18H34N4O/c1-3-18(11-6-7-12-18)14-21-17(19-2)20-13-10-16(23)22-15-8-4-5-9-15/h15H,3-14H2,1-2H3,(H,22,23)(H2,19,20,21). The maximum absolute atomic E-state index is 11.9. The number of carbonyl (C=O) groups excluding carboxylic acids is 1. The maximum atomic E-state index is 11.9. The molecule has 0 aliphatic heterocycles.